The van der Waals surface area contributed by atoms with Crippen LogP contribution < -0.4 is 11.1 Å². The first-order valence-electron chi connectivity index (χ1n) is 8.22. The summed E-state index contributed by atoms with van der Waals surface area (Å²) in [5.74, 6) is -1.16. The van der Waals surface area contributed by atoms with Crippen LogP contribution in [0.25, 0.3) is 0 Å². The molecule has 0 heterocycles. The van der Waals surface area contributed by atoms with Crippen LogP contribution in [0, 0.1) is 0 Å². The predicted octanol–water partition coefficient (Wildman–Crippen LogP) is 0.181. The smallest absolute Gasteiger partial charge is 0.309 e. The van der Waals surface area contributed by atoms with Crippen LogP contribution in [0.3, 0.4) is 0 Å². The Morgan fingerprint density at radius 1 is 1.00 bits per heavy atom. The average molecular weight is 339 g/mol. The van der Waals surface area contributed by atoms with Gasteiger partial charge in [0.25, 0.3) is 0 Å². The normalized spacial score (nSPS) is 12.5. The van der Waals surface area contributed by atoms with Crippen LogP contribution in [-0.4, -0.2) is 68.6 Å². The van der Waals surface area contributed by atoms with Gasteiger partial charge in [-0.3, -0.25) is 4.74 Å². The van der Waals surface area contributed by atoms with Crippen molar-refractivity contribution in [2.75, 3.05) is 52.9 Å². The van der Waals surface area contributed by atoms with Crippen LogP contribution in [0.4, 0.5) is 0 Å². The van der Waals surface area contributed by atoms with Gasteiger partial charge in [-0.15, -0.1) is 0 Å². The lowest BCUT2D eigenvalue weighted by atomic mass is 10.5. The maximum Gasteiger partial charge on any atom is 0.309 e. The lowest BCUT2D eigenvalue weighted by Gasteiger charge is -2.32. The third-order valence-electron chi connectivity index (χ3n) is 2.79. The molecule has 0 unspecified atom stereocenters. The maximum absolute atomic E-state index is 5.67. The standard InChI is InChI=1S/C14H34N2O5Si/c1-4-17-12-14(18-5-2,19-6-3)20-13-21-22-11-7-9-16-10-8-15/h16H,4-13,15,22H2,1-3H3. The molecule has 0 aromatic heterocycles. The molecule has 7 nitrogen and oxygen atoms in total. The van der Waals surface area contributed by atoms with E-state index in [0.717, 1.165) is 25.6 Å². The summed E-state index contributed by atoms with van der Waals surface area (Å²) in [6.07, 6.45) is 1.10. The Morgan fingerprint density at radius 2 is 1.73 bits per heavy atom. The molecule has 0 saturated carbocycles. The molecule has 0 radical (unpaired) electrons. The Balaban J connectivity index is 3.86. The summed E-state index contributed by atoms with van der Waals surface area (Å²) >= 11 is 0. The molecule has 22 heavy (non-hydrogen) atoms. The Morgan fingerprint density at radius 3 is 2.32 bits per heavy atom. The maximum atomic E-state index is 5.67. The number of rotatable bonds is 17. The fourth-order valence-corrected chi connectivity index (χ4v) is 2.65. The Labute approximate surface area is 137 Å². The molecule has 0 aliphatic heterocycles. The lowest BCUT2D eigenvalue weighted by molar-refractivity contribution is -0.403. The van der Waals surface area contributed by atoms with E-state index >= 15 is 0 Å². The topological polar surface area (TPSA) is 84.2 Å². The summed E-state index contributed by atoms with van der Waals surface area (Å²) in [4.78, 5) is 0. The van der Waals surface area contributed by atoms with Crippen molar-refractivity contribution in [3.63, 3.8) is 0 Å². The molecular formula is C14H34N2O5Si. The highest BCUT2D eigenvalue weighted by Crippen LogP contribution is 2.16. The molecule has 0 fully saturated rings. The fourth-order valence-electron chi connectivity index (χ4n) is 1.79. The van der Waals surface area contributed by atoms with Gasteiger partial charge >= 0.3 is 5.97 Å². The third-order valence-corrected chi connectivity index (χ3v) is 4.03. The zero-order chi connectivity index (χ0) is 16.5. The van der Waals surface area contributed by atoms with E-state index in [4.69, 9.17) is 29.1 Å². The van der Waals surface area contributed by atoms with E-state index in [2.05, 4.69) is 5.32 Å². The SMILES string of the molecule is CCOCC(OCC)(OCC)OCO[SiH2]CCCNCCN. The van der Waals surface area contributed by atoms with Crippen molar-refractivity contribution in [1.82, 2.24) is 5.32 Å². The molecule has 0 spiro atoms. The van der Waals surface area contributed by atoms with Crippen molar-refractivity contribution in [2.45, 2.75) is 39.2 Å². The van der Waals surface area contributed by atoms with Gasteiger partial charge in [-0.05, 0) is 39.8 Å². The van der Waals surface area contributed by atoms with Crippen molar-refractivity contribution in [2.24, 2.45) is 5.73 Å². The minimum atomic E-state index is -1.16. The van der Waals surface area contributed by atoms with E-state index in [-0.39, 0.29) is 13.4 Å². The van der Waals surface area contributed by atoms with E-state index < -0.39 is 15.7 Å². The molecule has 0 bridgehead atoms. The summed E-state index contributed by atoms with van der Waals surface area (Å²) in [6, 6.07) is 1.10. The highest BCUT2D eigenvalue weighted by molar-refractivity contribution is 6.26. The average Bonchev–Trinajstić information content (AvgIpc) is 2.52. The van der Waals surface area contributed by atoms with Crippen molar-refractivity contribution in [1.29, 1.82) is 0 Å². The highest BCUT2D eigenvalue weighted by atomic mass is 28.2. The van der Waals surface area contributed by atoms with Gasteiger partial charge in [-0.2, -0.15) is 0 Å². The Hall–Kier alpha value is -0.0631. The molecule has 0 atom stereocenters. The summed E-state index contributed by atoms with van der Waals surface area (Å²) in [5.41, 5.74) is 5.40. The molecule has 0 rings (SSSR count). The largest absolute Gasteiger partial charge is 0.402 e. The second-order valence-corrected chi connectivity index (χ2v) is 6.13. The van der Waals surface area contributed by atoms with Gasteiger partial charge in [0, 0.05) is 32.9 Å². The number of ether oxygens (including phenoxy) is 4. The second-order valence-electron chi connectivity index (χ2n) is 4.60. The Bertz CT molecular complexity index is 231. The van der Waals surface area contributed by atoms with Crippen LogP contribution in [0.15, 0.2) is 0 Å². The molecule has 8 heteroatoms. The van der Waals surface area contributed by atoms with Crippen LogP contribution in [0.1, 0.15) is 27.2 Å². The summed E-state index contributed by atoms with van der Waals surface area (Å²) in [6.45, 7) is 10.2. The van der Waals surface area contributed by atoms with Crippen LogP contribution >= 0.6 is 0 Å². The van der Waals surface area contributed by atoms with Gasteiger partial charge in [-0.1, -0.05) is 0 Å². The molecule has 134 valence electrons. The fraction of sp³-hybridized carbons (Fsp3) is 1.00. The zero-order valence-corrected chi connectivity index (χ0v) is 15.8. The second kappa shape index (κ2) is 15.8. The lowest BCUT2D eigenvalue weighted by Crippen LogP contribution is -2.44. The van der Waals surface area contributed by atoms with E-state index in [9.17, 15) is 0 Å². The van der Waals surface area contributed by atoms with Crippen LogP contribution in [-0.2, 0) is 23.4 Å². The molecule has 0 aliphatic rings. The number of nitrogens with two attached hydrogens (primary N) is 1. The van der Waals surface area contributed by atoms with Crippen LogP contribution in [0.2, 0.25) is 6.04 Å². The number of hydrogen-bond donors (Lipinski definition) is 2. The summed E-state index contributed by atoms with van der Waals surface area (Å²) < 4.78 is 27.9. The first-order chi connectivity index (χ1) is 10.7. The van der Waals surface area contributed by atoms with Gasteiger partial charge in [0.1, 0.15) is 13.4 Å². The summed E-state index contributed by atoms with van der Waals surface area (Å²) in [5, 5.41) is 3.26. The summed E-state index contributed by atoms with van der Waals surface area (Å²) in [7, 11) is -0.587. The molecule has 3 N–H and O–H groups in total. The molecule has 0 aliphatic carbocycles. The van der Waals surface area contributed by atoms with E-state index in [1.807, 2.05) is 20.8 Å². The Kier molecular flexibility index (Phi) is 15.8. The van der Waals surface area contributed by atoms with E-state index in [1.54, 1.807) is 0 Å². The van der Waals surface area contributed by atoms with Gasteiger partial charge in [-0.25, -0.2) is 0 Å². The number of nitrogens with one attached hydrogen (secondary N) is 1. The molecular weight excluding hydrogens is 304 g/mol. The first-order valence-corrected chi connectivity index (χ1v) is 9.80. The molecule has 0 amide bonds. The minimum Gasteiger partial charge on any atom is -0.402 e. The monoisotopic (exact) mass is 338 g/mol. The van der Waals surface area contributed by atoms with Gasteiger partial charge in [0.2, 0.25) is 0 Å². The van der Waals surface area contributed by atoms with Crippen molar-refractivity contribution in [3.05, 3.63) is 0 Å². The van der Waals surface area contributed by atoms with Gasteiger partial charge in [0.05, 0.1) is 0 Å². The van der Waals surface area contributed by atoms with Gasteiger partial charge in [0.15, 0.2) is 9.76 Å². The van der Waals surface area contributed by atoms with Crippen LogP contribution in [0.5, 0.6) is 0 Å². The third kappa shape index (κ3) is 11.5. The molecule has 0 saturated heterocycles. The van der Waals surface area contributed by atoms with Gasteiger partial charge < -0.3 is 29.7 Å². The molecule has 0 aromatic carbocycles. The zero-order valence-electron chi connectivity index (χ0n) is 14.4. The minimum absolute atomic E-state index is 0.176. The predicted molar refractivity (Wildman–Crippen MR) is 89.4 cm³/mol. The van der Waals surface area contributed by atoms with Crippen molar-refractivity contribution >= 4 is 9.76 Å². The highest BCUT2D eigenvalue weighted by Gasteiger charge is 2.33. The van der Waals surface area contributed by atoms with E-state index in [0.29, 0.717) is 26.4 Å². The number of hydrogen-bond acceptors (Lipinski definition) is 7. The van der Waals surface area contributed by atoms with E-state index in [1.165, 1.54) is 0 Å². The first kappa shape index (κ1) is 21.9. The van der Waals surface area contributed by atoms with Crippen molar-refractivity contribution < 1.29 is 23.4 Å². The molecule has 0 aromatic rings. The quantitative estimate of drug-likeness (QED) is 0.222. The van der Waals surface area contributed by atoms with Crippen molar-refractivity contribution in [3.8, 4) is 0 Å².